The molecule has 1 heterocycles. The lowest BCUT2D eigenvalue weighted by molar-refractivity contribution is -0.0927. The van der Waals surface area contributed by atoms with E-state index in [4.69, 9.17) is 18.9 Å². The van der Waals surface area contributed by atoms with Crippen molar-refractivity contribution in [3.63, 3.8) is 0 Å². The van der Waals surface area contributed by atoms with Crippen LogP contribution >= 0.6 is 0 Å². The first-order valence-corrected chi connectivity index (χ1v) is 9.51. The van der Waals surface area contributed by atoms with Gasteiger partial charge in [-0.15, -0.1) is 0 Å². The predicted molar refractivity (Wildman–Crippen MR) is 102 cm³/mol. The number of carbonyl (C=O) groups is 1. The third-order valence-corrected chi connectivity index (χ3v) is 5.58. The summed E-state index contributed by atoms with van der Waals surface area (Å²) < 4.78 is 22.2. The normalized spacial score (nSPS) is 19.6. The lowest BCUT2D eigenvalue weighted by Crippen LogP contribution is -2.55. The van der Waals surface area contributed by atoms with Crippen LogP contribution in [0.5, 0.6) is 17.2 Å². The molecule has 27 heavy (non-hydrogen) atoms. The maximum absolute atomic E-state index is 12.8. The van der Waals surface area contributed by atoms with Crippen molar-refractivity contribution in [3.8, 4) is 17.2 Å². The lowest BCUT2D eigenvalue weighted by Gasteiger charge is -2.40. The number of rotatable bonds is 5. The van der Waals surface area contributed by atoms with E-state index >= 15 is 0 Å². The van der Waals surface area contributed by atoms with Crippen molar-refractivity contribution in [2.45, 2.75) is 44.2 Å². The molecule has 1 saturated carbocycles. The molecule has 0 bridgehead atoms. The zero-order valence-electron chi connectivity index (χ0n) is 16.7. The topological polar surface area (TPSA) is 69.3 Å². The number of methoxy groups -OCH3 is 3. The van der Waals surface area contributed by atoms with Crippen LogP contribution in [0.2, 0.25) is 0 Å². The number of hydrogen-bond donors (Lipinski definition) is 1. The Kier molecular flexibility index (Phi) is 5.99. The van der Waals surface area contributed by atoms with E-state index < -0.39 is 0 Å². The van der Waals surface area contributed by atoms with E-state index in [1.807, 2.05) is 24.0 Å². The summed E-state index contributed by atoms with van der Waals surface area (Å²) in [5.41, 5.74) is 0.757. The number of carbonyl (C=O) groups excluding carboxylic acids is 1. The fourth-order valence-electron chi connectivity index (χ4n) is 4.05. The van der Waals surface area contributed by atoms with Crippen molar-refractivity contribution in [2.24, 2.45) is 0 Å². The Bertz CT molecular complexity index is 647. The zero-order chi connectivity index (χ0) is 19.4. The van der Waals surface area contributed by atoms with E-state index in [9.17, 15) is 4.79 Å². The molecule has 0 unspecified atom stereocenters. The highest BCUT2D eigenvalue weighted by Crippen LogP contribution is 2.40. The molecule has 1 aromatic rings. The number of nitrogens with one attached hydrogen (secondary N) is 1. The van der Waals surface area contributed by atoms with E-state index in [1.54, 1.807) is 21.3 Å². The summed E-state index contributed by atoms with van der Waals surface area (Å²) in [4.78, 5) is 14.7. The summed E-state index contributed by atoms with van der Waals surface area (Å²) in [6.45, 7) is 3.84. The molecule has 2 aliphatic rings. The Labute approximate surface area is 160 Å². The van der Waals surface area contributed by atoms with Gasteiger partial charge in [0.1, 0.15) is 0 Å². The quantitative estimate of drug-likeness (QED) is 0.853. The second-order valence-corrected chi connectivity index (χ2v) is 7.29. The summed E-state index contributed by atoms with van der Waals surface area (Å²) in [5.74, 6) is 1.69. The molecule has 7 heteroatoms. The lowest BCUT2D eigenvalue weighted by atomic mass is 10.00. The maximum atomic E-state index is 12.8. The summed E-state index contributed by atoms with van der Waals surface area (Å²) >= 11 is 0. The van der Waals surface area contributed by atoms with Gasteiger partial charge in [0, 0.05) is 6.54 Å². The highest BCUT2D eigenvalue weighted by Gasteiger charge is 2.40. The number of benzene rings is 1. The summed E-state index contributed by atoms with van der Waals surface area (Å²) in [7, 11) is 4.74. The van der Waals surface area contributed by atoms with E-state index in [1.165, 1.54) is 12.8 Å². The molecular weight excluding hydrogens is 348 g/mol. The van der Waals surface area contributed by atoms with E-state index in [0.29, 0.717) is 36.9 Å². The number of ether oxygens (including phenoxy) is 4. The van der Waals surface area contributed by atoms with Gasteiger partial charge in [-0.25, -0.2) is 4.79 Å². The smallest absolute Gasteiger partial charge is 0.318 e. The fraction of sp³-hybridized carbons (Fsp3) is 0.650. The average molecular weight is 378 g/mol. The molecular formula is C20H30N2O5. The monoisotopic (exact) mass is 378 g/mol. The summed E-state index contributed by atoms with van der Waals surface area (Å²) in [6.07, 6.45) is 4.44. The Balaban J connectivity index is 1.71. The molecule has 1 atom stereocenters. The number of urea groups is 1. The van der Waals surface area contributed by atoms with Gasteiger partial charge in [-0.2, -0.15) is 0 Å². The maximum Gasteiger partial charge on any atom is 0.318 e. The average Bonchev–Trinajstić information content (AvgIpc) is 3.13. The predicted octanol–water partition coefficient (Wildman–Crippen LogP) is 3.13. The minimum absolute atomic E-state index is 0.0640. The van der Waals surface area contributed by atoms with E-state index in [-0.39, 0.29) is 17.7 Å². The Hall–Kier alpha value is -2.15. The SMILES string of the molecule is COc1cc([C@@H](C)NC(=O)N2CCOC3(CCCC3)C2)cc(OC)c1OC. The molecule has 0 aromatic heterocycles. The van der Waals surface area contributed by atoms with Gasteiger partial charge in [-0.05, 0) is 37.5 Å². The van der Waals surface area contributed by atoms with Crippen LogP contribution in [0.3, 0.4) is 0 Å². The van der Waals surface area contributed by atoms with Crippen LogP contribution in [0.1, 0.15) is 44.2 Å². The first-order valence-electron chi connectivity index (χ1n) is 9.51. The molecule has 1 aromatic carbocycles. The molecule has 3 rings (SSSR count). The molecule has 1 spiro atoms. The van der Waals surface area contributed by atoms with Gasteiger partial charge in [0.25, 0.3) is 0 Å². The number of nitrogens with zero attached hydrogens (tertiary/aromatic N) is 1. The van der Waals surface area contributed by atoms with Crippen molar-refractivity contribution >= 4 is 6.03 Å². The van der Waals surface area contributed by atoms with Crippen molar-refractivity contribution in [1.29, 1.82) is 0 Å². The molecule has 7 nitrogen and oxygen atoms in total. The van der Waals surface area contributed by atoms with Gasteiger partial charge >= 0.3 is 6.03 Å². The van der Waals surface area contributed by atoms with Crippen molar-refractivity contribution in [1.82, 2.24) is 10.2 Å². The van der Waals surface area contributed by atoms with Gasteiger partial charge in [-0.3, -0.25) is 0 Å². The van der Waals surface area contributed by atoms with Crippen LogP contribution in [0, 0.1) is 0 Å². The molecule has 0 radical (unpaired) electrons. The first kappa shape index (κ1) is 19.6. The van der Waals surface area contributed by atoms with Crippen molar-refractivity contribution in [2.75, 3.05) is 41.0 Å². The third-order valence-electron chi connectivity index (χ3n) is 5.58. The molecule has 150 valence electrons. The Morgan fingerprint density at radius 3 is 2.33 bits per heavy atom. The molecule has 1 aliphatic heterocycles. The minimum Gasteiger partial charge on any atom is -0.493 e. The summed E-state index contributed by atoms with van der Waals surface area (Å²) in [5, 5.41) is 3.09. The van der Waals surface area contributed by atoms with Crippen LogP contribution < -0.4 is 19.5 Å². The fourth-order valence-corrected chi connectivity index (χ4v) is 4.05. The van der Waals surface area contributed by atoms with Crippen LogP contribution in [0.25, 0.3) is 0 Å². The van der Waals surface area contributed by atoms with Gasteiger partial charge < -0.3 is 29.2 Å². The van der Waals surface area contributed by atoms with Gasteiger partial charge in [0.2, 0.25) is 5.75 Å². The van der Waals surface area contributed by atoms with Crippen molar-refractivity contribution in [3.05, 3.63) is 17.7 Å². The molecule has 1 aliphatic carbocycles. The second kappa shape index (κ2) is 8.25. The third kappa shape index (κ3) is 4.08. The van der Waals surface area contributed by atoms with E-state index in [0.717, 1.165) is 18.4 Å². The van der Waals surface area contributed by atoms with Gasteiger partial charge in [0.15, 0.2) is 11.5 Å². The van der Waals surface area contributed by atoms with Crippen molar-refractivity contribution < 1.29 is 23.7 Å². The first-order chi connectivity index (χ1) is 13.0. The minimum atomic E-state index is -0.200. The van der Waals surface area contributed by atoms with Crippen LogP contribution in [0.4, 0.5) is 4.79 Å². The van der Waals surface area contributed by atoms with Gasteiger partial charge in [0.05, 0.1) is 46.1 Å². The highest BCUT2D eigenvalue weighted by atomic mass is 16.5. The Morgan fingerprint density at radius 2 is 1.78 bits per heavy atom. The van der Waals surface area contributed by atoms with Crippen LogP contribution in [-0.2, 0) is 4.74 Å². The second-order valence-electron chi connectivity index (χ2n) is 7.29. The number of morpholine rings is 1. The molecule has 1 N–H and O–H groups in total. The molecule has 1 saturated heterocycles. The van der Waals surface area contributed by atoms with E-state index in [2.05, 4.69) is 5.32 Å². The molecule has 2 amide bonds. The van der Waals surface area contributed by atoms with Crippen LogP contribution in [-0.4, -0.2) is 57.6 Å². The zero-order valence-corrected chi connectivity index (χ0v) is 16.7. The van der Waals surface area contributed by atoms with Crippen LogP contribution in [0.15, 0.2) is 12.1 Å². The standard InChI is InChI=1S/C20H30N2O5/c1-14(15-11-16(24-2)18(26-4)17(12-15)25-3)21-19(23)22-9-10-27-20(13-22)7-5-6-8-20/h11-12,14H,5-10,13H2,1-4H3,(H,21,23)/t14-/m1/s1. The Morgan fingerprint density at radius 1 is 1.15 bits per heavy atom. The highest BCUT2D eigenvalue weighted by molar-refractivity contribution is 5.75. The largest absolute Gasteiger partial charge is 0.493 e. The van der Waals surface area contributed by atoms with Gasteiger partial charge in [-0.1, -0.05) is 12.8 Å². The number of hydrogen-bond acceptors (Lipinski definition) is 5. The summed E-state index contributed by atoms with van der Waals surface area (Å²) in [6, 6.07) is 3.47. The molecule has 2 fully saturated rings. The number of amides is 2.